The Balaban J connectivity index is 3.70. The number of hydrogen-bond donors (Lipinski definition) is 1. The van der Waals surface area contributed by atoms with Crippen molar-refractivity contribution in [2.24, 2.45) is 5.92 Å². The topological polar surface area (TPSA) is 55.4 Å². The Bertz CT molecular complexity index is 254. The Kier molecular flexibility index (Phi) is 11.3. The predicted octanol–water partition coefficient (Wildman–Crippen LogP) is 3.05. The number of carbonyl (C=O) groups excluding carboxylic acids is 2. The van der Waals surface area contributed by atoms with Crippen molar-refractivity contribution in [1.82, 2.24) is 5.32 Å². The largest absolute Gasteiger partial charge is 0.465 e. The van der Waals surface area contributed by atoms with E-state index in [1.54, 1.807) is 0 Å². The van der Waals surface area contributed by atoms with Crippen LogP contribution < -0.4 is 5.32 Å². The summed E-state index contributed by atoms with van der Waals surface area (Å²) in [7, 11) is 0. The molecule has 1 atom stereocenters. The van der Waals surface area contributed by atoms with Crippen molar-refractivity contribution < 1.29 is 14.3 Å². The van der Waals surface area contributed by atoms with Crippen molar-refractivity contribution in [3.8, 4) is 0 Å². The molecule has 0 aromatic heterocycles. The summed E-state index contributed by atoms with van der Waals surface area (Å²) in [4.78, 5) is 22.8. The van der Waals surface area contributed by atoms with Crippen LogP contribution in [0.5, 0.6) is 0 Å². The van der Waals surface area contributed by atoms with E-state index in [1.165, 1.54) is 12.8 Å². The second-order valence-electron chi connectivity index (χ2n) is 4.95. The number of carbonyl (C=O) groups is 2. The minimum absolute atomic E-state index is 0.0724. The fourth-order valence-corrected chi connectivity index (χ4v) is 1.75. The first kappa shape index (κ1) is 17.9. The molecule has 4 nitrogen and oxygen atoms in total. The maximum Gasteiger partial charge on any atom is 0.306 e. The van der Waals surface area contributed by atoms with Crippen molar-refractivity contribution >= 4 is 11.9 Å². The molecule has 0 saturated heterocycles. The molecule has 0 saturated carbocycles. The monoisotopic (exact) mass is 271 g/mol. The van der Waals surface area contributed by atoms with E-state index in [-0.39, 0.29) is 24.7 Å². The number of hydrogen-bond acceptors (Lipinski definition) is 3. The average molecular weight is 271 g/mol. The van der Waals surface area contributed by atoms with Crippen LogP contribution in [0.2, 0.25) is 0 Å². The SMILES string of the molecule is CCCCC(CC)COC(=O)CCC(=O)NCCC. The van der Waals surface area contributed by atoms with Crippen LogP contribution in [-0.4, -0.2) is 25.0 Å². The summed E-state index contributed by atoms with van der Waals surface area (Å²) in [6.07, 6.45) is 5.80. The Labute approximate surface area is 117 Å². The van der Waals surface area contributed by atoms with E-state index >= 15 is 0 Å². The van der Waals surface area contributed by atoms with Gasteiger partial charge in [0.2, 0.25) is 5.91 Å². The molecule has 0 heterocycles. The number of amides is 1. The molecule has 0 aliphatic rings. The van der Waals surface area contributed by atoms with Crippen LogP contribution in [0.4, 0.5) is 0 Å². The maximum atomic E-state index is 11.5. The standard InChI is InChI=1S/C15H29NO3/c1-4-7-8-13(6-3)12-19-15(18)10-9-14(17)16-11-5-2/h13H,4-12H2,1-3H3,(H,16,17). The fraction of sp³-hybridized carbons (Fsp3) is 0.867. The van der Waals surface area contributed by atoms with Crippen LogP contribution >= 0.6 is 0 Å². The molecule has 1 N–H and O–H groups in total. The molecule has 0 spiro atoms. The van der Waals surface area contributed by atoms with E-state index in [0.717, 1.165) is 19.3 Å². The normalized spacial score (nSPS) is 11.9. The Morgan fingerprint density at radius 1 is 1.11 bits per heavy atom. The van der Waals surface area contributed by atoms with Gasteiger partial charge >= 0.3 is 5.97 Å². The van der Waals surface area contributed by atoms with Crippen LogP contribution in [0, 0.1) is 5.92 Å². The lowest BCUT2D eigenvalue weighted by Crippen LogP contribution is -2.25. The highest BCUT2D eigenvalue weighted by molar-refractivity contribution is 5.81. The van der Waals surface area contributed by atoms with Gasteiger partial charge in [0, 0.05) is 13.0 Å². The van der Waals surface area contributed by atoms with Gasteiger partial charge in [0.25, 0.3) is 0 Å². The first-order chi connectivity index (χ1) is 9.13. The summed E-state index contributed by atoms with van der Waals surface area (Å²) in [5.74, 6) is 0.122. The summed E-state index contributed by atoms with van der Waals surface area (Å²) in [5.41, 5.74) is 0. The van der Waals surface area contributed by atoms with Crippen molar-refractivity contribution in [2.45, 2.75) is 65.7 Å². The van der Waals surface area contributed by atoms with Crippen molar-refractivity contribution in [3.05, 3.63) is 0 Å². The van der Waals surface area contributed by atoms with E-state index in [4.69, 9.17) is 4.74 Å². The van der Waals surface area contributed by atoms with Gasteiger partial charge in [0.05, 0.1) is 13.0 Å². The lowest BCUT2D eigenvalue weighted by Gasteiger charge is -2.14. The van der Waals surface area contributed by atoms with Crippen molar-refractivity contribution in [2.75, 3.05) is 13.2 Å². The van der Waals surface area contributed by atoms with Gasteiger partial charge in [-0.05, 0) is 18.8 Å². The minimum atomic E-state index is -0.262. The highest BCUT2D eigenvalue weighted by Gasteiger charge is 2.11. The third-order valence-electron chi connectivity index (χ3n) is 3.15. The molecular formula is C15H29NO3. The first-order valence-electron chi connectivity index (χ1n) is 7.56. The van der Waals surface area contributed by atoms with Gasteiger partial charge in [0.15, 0.2) is 0 Å². The smallest absolute Gasteiger partial charge is 0.306 e. The lowest BCUT2D eigenvalue weighted by molar-refractivity contribution is -0.146. The average Bonchev–Trinajstić information content (AvgIpc) is 2.43. The van der Waals surface area contributed by atoms with Crippen molar-refractivity contribution in [1.29, 1.82) is 0 Å². The first-order valence-corrected chi connectivity index (χ1v) is 7.56. The molecule has 0 bridgehead atoms. The number of ether oxygens (including phenoxy) is 1. The van der Waals surface area contributed by atoms with Crippen LogP contribution in [0.15, 0.2) is 0 Å². The van der Waals surface area contributed by atoms with Crippen molar-refractivity contribution in [3.63, 3.8) is 0 Å². The molecule has 112 valence electrons. The number of esters is 1. The molecule has 1 amide bonds. The molecule has 0 fully saturated rings. The molecule has 0 radical (unpaired) electrons. The maximum absolute atomic E-state index is 11.5. The van der Waals surface area contributed by atoms with Gasteiger partial charge in [-0.25, -0.2) is 0 Å². The number of rotatable bonds is 11. The molecule has 0 aromatic carbocycles. The number of nitrogens with one attached hydrogen (secondary N) is 1. The zero-order valence-corrected chi connectivity index (χ0v) is 12.7. The highest BCUT2D eigenvalue weighted by Crippen LogP contribution is 2.13. The second kappa shape index (κ2) is 12.0. The summed E-state index contributed by atoms with van der Waals surface area (Å²) in [6.45, 7) is 7.43. The third kappa shape index (κ3) is 10.5. The van der Waals surface area contributed by atoms with Gasteiger partial charge in [-0.1, -0.05) is 40.0 Å². The molecular weight excluding hydrogens is 242 g/mol. The molecule has 0 aromatic rings. The summed E-state index contributed by atoms with van der Waals surface area (Å²) < 4.78 is 5.23. The van der Waals surface area contributed by atoms with Crippen LogP contribution in [0.3, 0.4) is 0 Å². The van der Waals surface area contributed by atoms with E-state index < -0.39 is 0 Å². The third-order valence-corrected chi connectivity index (χ3v) is 3.15. The summed E-state index contributed by atoms with van der Waals surface area (Å²) in [5, 5.41) is 2.74. The van der Waals surface area contributed by atoms with Gasteiger partial charge in [-0.15, -0.1) is 0 Å². The molecule has 0 aliphatic carbocycles. The van der Waals surface area contributed by atoms with Gasteiger partial charge in [-0.2, -0.15) is 0 Å². The Morgan fingerprint density at radius 2 is 1.84 bits per heavy atom. The van der Waals surface area contributed by atoms with E-state index in [1.807, 2.05) is 6.92 Å². The van der Waals surface area contributed by atoms with E-state index in [0.29, 0.717) is 19.1 Å². The summed E-state index contributed by atoms with van der Waals surface area (Å²) >= 11 is 0. The van der Waals surface area contributed by atoms with Crippen LogP contribution in [0.25, 0.3) is 0 Å². The Morgan fingerprint density at radius 3 is 2.42 bits per heavy atom. The second-order valence-corrected chi connectivity index (χ2v) is 4.95. The molecule has 1 unspecified atom stereocenters. The zero-order valence-electron chi connectivity index (χ0n) is 12.7. The molecule has 19 heavy (non-hydrogen) atoms. The van der Waals surface area contributed by atoms with Gasteiger partial charge in [0.1, 0.15) is 0 Å². The van der Waals surface area contributed by atoms with Crippen LogP contribution in [-0.2, 0) is 14.3 Å². The van der Waals surface area contributed by atoms with E-state index in [9.17, 15) is 9.59 Å². The Hall–Kier alpha value is -1.06. The highest BCUT2D eigenvalue weighted by atomic mass is 16.5. The molecule has 0 aliphatic heterocycles. The predicted molar refractivity (Wildman–Crippen MR) is 76.8 cm³/mol. The van der Waals surface area contributed by atoms with Gasteiger partial charge < -0.3 is 10.1 Å². The fourth-order valence-electron chi connectivity index (χ4n) is 1.75. The minimum Gasteiger partial charge on any atom is -0.465 e. The summed E-state index contributed by atoms with van der Waals surface area (Å²) in [6, 6.07) is 0. The van der Waals surface area contributed by atoms with Crippen LogP contribution in [0.1, 0.15) is 65.7 Å². The lowest BCUT2D eigenvalue weighted by atomic mass is 10.0. The number of unbranched alkanes of at least 4 members (excludes halogenated alkanes) is 1. The van der Waals surface area contributed by atoms with Gasteiger partial charge in [-0.3, -0.25) is 9.59 Å². The van der Waals surface area contributed by atoms with E-state index in [2.05, 4.69) is 19.2 Å². The zero-order chi connectivity index (χ0) is 14.5. The molecule has 0 rings (SSSR count). The quantitative estimate of drug-likeness (QED) is 0.588. The molecule has 4 heteroatoms.